The number of hydrogen-bond acceptors (Lipinski definition) is 3. The summed E-state index contributed by atoms with van der Waals surface area (Å²) in [7, 11) is 1.73. The van der Waals surface area contributed by atoms with E-state index in [1.54, 1.807) is 13.1 Å². The van der Waals surface area contributed by atoms with Gasteiger partial charge in [0.2, 0.25) is 0 Å². The number of guanidine groups is 1. The summed E-state index contributed by atoms with van der Waals surface area (Å²) in [5.41, 5.74) is 2.11. The van der Waals surface area contributed by atoms with E-state index >= 15 is 0 Å². The summed E-state index contributed by atoms with van der Waals surface area (Å²) >= 11 is 0. The molecule has 0 bridgehead atoms. The highest BCUT2D eigenvalue weighted by Gasteiger charge is 2.20. The second-order valence-corrected chi connectivity index (χ2v) is 6.89. The molecule has 2 aromatic carbocycles. The molecule has 1 aliphatic rings. The van der Waals surface area contributed by atoms with Gasteiger partial charge in [0, 0.05) is 39.3 Å². The average Bonchev–Trinajstić information content (AvgIpc) is 2.70. The lowest BCUT2D eigenvalue weighted by atomic mass is 10.0. The van der Waals surface area contributed by atoms with Crippen LogP contribution in [0.2, 0.25) is 0 Å². The number of halogens is 2. The van der Waals surface area contributed by atoms with Gasteiger partial charge in [0.1, 0.15) is 0 Å². The van der Waals surface area contributed by atoms with Crippen LogP contribution >= 0.6 is 24.0 Å². The molecule has 0 atom stereocenters. The van der Waals surface area contributed by atoms with Crippen LogP contribution in [0.3, 0.4) is 0 Å². The van der Waals surface area contributed by atoms with Crippen molar-refractivity contribution < 1.29 is 9.50 Å². The van der Waals surface area contributed by atoms with Gasteiger partial charge in [0.05, 0.1) is 0 Å². The zero-order chi connectivity index (χ0) is 19.1. The minimum atomic E-state index is -0.608. The Morgan fingerprint density at radius 1 is 1.14 bits per heavy atom. The maximum Gasteiger partial charge on any atom is 0.191 e. The van der Waals surface area contributed by atoms with Gasteiger partial charge >= 0.3 is 0 Å². The van der Waals surface area contributed by atoms with Crippen molar-refractivity contribution in [3.05, 3.63) is 65.5 Å². The molecule has 0 radical (unpaired) electrons. The van der Waals surface area contributed by atoms with Crippen LogP contribution in [0.25, 0.3) is 0 Å². The molecule has 28 heavy (non-hydrogen) atoms. The summed E-state index contributed by atoms with van der Waals surface area (Å²) in [6.07, 6.45) is 2.11. The predicted molar refractivity (Wildman–Crippen MR) is 122 cm³/mol. The lowest BCUT2D eigenvalue weighted by molar-refractivity contribution is 0.198. The summed E-state index contributed by atoms with van der Waals surface area (Å²) in [4.78, 5) is 6.74. The Morgan fingerprint density at radius 3 is 2.50 bits per heavy atom. The van der Waals surface area contributed by atoms with Gasteiger partial charge in [-0.1, -0.05) is 36.4 Å². The minimum Gasteiger partial charge on any atom is -0.505 e. The van der Waals surface area contributed by atoms with Crippen LogP contribution < -0.4 is 10.6 Å². The third-order valence-electron chi connectivity index (χ3n) is 4.87. The Bertz CT molecular complexity index is 764. The number of nitrogens with zero attached hydrogens (tertiary/aromatic N) is 2. The van der Waals surface area contributed by atoms with Crippen molar-refractivity contribution in [1.82, 2.24) is 15.5 Å². The van der Waals surface area contributed by atoms with E-state index < -0.39 is 5.82 Å². The van der Waals surface area contributed by atoms with Crippen LogP contribution in [-0.4, -0.2) is 42.1 Å². The number of nitrogens with one attached hydrogen (secondary N) is 2. The predicted octanol–water partition coefficient (Wildman–Crippen LogP) is 3.48. The first-order valence-corrected chi connectivity index (χ1v) is 9.35. The van der Waals surface area contributed by atoms with Crippen LogP contribution in [0.1, 0.15) is 24.0 Å². The summed E-state index contributed by atoms with van der Waals surface area (Å²) < 4.78 is 13.4. The van der Waals surface area contributed by atoms with Gasteiger partial charge in [-0.3, -0.25) is 9.89 Å². The van der Waals surface area contributed by atoms with Crippen LogP contribution in [0, 0.1) is 5.82 Å². The molecule has 1 heterocycles. The van der Waals surface area contributed by atoms with Crippen molar-refractivity contribution >= 4 is 29.9 Å². The topological polar surface area (TPSA) is 59.9 Å². The van der Waals surface area contributed by atoms with Gasteiger partial charge in [0.15, 0.2) is 17.5 Å². The first kappa shape index (κ1) is 22.4. The van der Waals surface area contributed by atoms with E-state index in [-0.39, 0.29) is 29.7 Å². The fourth-order valence-electron chi connectivity index (χ4n) is 3.31. The molecule has 152 valence electrons. The van der Waals surface area contributed by atoms with Crippen LogP contribution in [-0.2, 0) is 13.1 Å². The van der Waals surface area contributed by atoms with E-state index in [1.807, 2.05) is 6.07 Å². The molecular weight excluding hydrogens is 470 g/mol. The van der Waals surface area contributed by atoms with Gasteiger partial charge in [-0.2, -0.15) is 0 Å². The number of aliphatic imine (C=N–C) groups is 1. The van der Waals surface area contributed by atoms with Crippen molar-refractivity contribution in [2.24, 2.45) is 4.99 Å². The molecule has 0 aromatic heterocycles. The molecule has 1 saturated heterocycles. The Hall–Kier alpha value is -1.87. The Balaban J connectivity index is 0.00000280. The molecule has 1 fully saturated rings. The summed E-state index contributed by atoms with van der Waals surface area (Å²) in [5.74, 6) is -0.225. The molecule has 5 nitrogen and oxygen atoms in total. The third-order valence-corrected chi connectivity index (χ3v) is 4.87. The van der Waals surface area contributed by atoms with E-state index in [4.69, 9.17) is 0 Å². The molecular formula is C21H28FIN4O. The monoisotopic (exact) mass is 498 g/mol. The largest absolute Gasteiger partial charge is 0.505 e. The number of phenols is 1. The van der Waals surface area contributed by atoms with Crippen molar-refractivity contribution in [3.8, 4) is 5.75 Å². The first-order chi connectivity index (χ1) is 13.1. The average molecular weight is 498 g/mol. The van der Waals surface area contributed by atoms with E-state index in [1.165, 1.54) is 17.7 Å². The minimum absolute atomic E-state index is 0. The zero-order valence-electron chi connectivity index (χ0n) is 16.1. The van der Waals surface area contributed by atoms with Gasteiger partial charge < -0.3 is 15.7 Å². The highest BCUT2D eigenvalue weighted by molar-refractivity contribution is 14.0. The number of rotatable bonds is 5. The third kappa shape index (κ3) is 6.63. The Kier molecular flexibility index (Phi) is 8.98. The summed E-state index contributed by atoms with van der Waals surface area (Å²) in [6.45, 7) is 3.54. The van der Waals surface area contributed by atoms with Gasteiger partial charge in [-0.05, 0) is 36.1 Å². The number of benzene rings is 2. The lowest BCUT2D eigenvalue weighted by Crippen LogP contribution is -2.48. The molecule has 3 rings (SSSR count). The van der Waals surface area contributed by atoms with Crippen molar-refractivity contribution in [2.45, 2.75) is 32.0 Å². The van der Waals surface area contributed by atoms with Crippen molar-refractivity contribution in [2.75, 3.05) is 20.1 Å². The fourth-order valence-corrected chi connectivity index (χ4v) is 3.31. The molecule has 0 saturated carbocycles. The second-order valence-electron chi connectivity index (χ2n) is 6.89. The van der Waals surface area contributed by atoms with E-state index in [9.17, 15) is 9.50 Å². The smallest absolute Gasteiger partial charge is 0.191 e. The summed E-state index contributed by atoms with van der Waals surface area (Å²) in [6, 6.07) is 15.3. The SMILES string of the molecule is CN=C(NCc1ccc(O)c(F)c1)NC1CCN(Cc2ccccc2)CC1.I. The molecule has 0 amide bonds. The van der Waals surface area contributed by atoms with Crippen molar-refractivity contribution in [1.29, 1.82) is 0 Å². The number of hydrogen-bond donors (Lipinski definition) is 3. The Morgan fingerprint density at radius 2 is 1.86 bits per heavy atom. The fraction of sp³-hybridized carbons (Fsp3) is 0.381. The van der Waals surface area contributed by atoms with Gasteiger partial charge in [-0.15, -0.1) is 24.0 Å². The lowest BCUT2D eigenvalue weighted by Gasteiger charge is -2.33. The molecule has 7 heteroatoms. The Labute approximate surface area is 183 Å². The molecule has 0 spiro atoms. The van der Waals surface area contributed by atoms with Crippen molar-refractivity contribution in [3.63, 3.8) is 0 Å². The molecule has 3 N–H and O–H groups in total. The standard InChI is InChI=1S/C21H27FN4O.HI/c1-23-21(24-14-17-7-8-20(27)19(22)13-17)25-18-9-11-26(12-10-18)15-16-5-3-2-4-6-16;/h2-8,13,18,27H,9-12,14-15H2,1H3,(H2,23,24,25);1H. The highest BCUT2D eigenvalue weighted by atomic mass is 127. The van der Waals surface area contributed by atoms with Gasteiger partial charge in [0.25, 0.3) is 0 Å². The quantitative estimate of drug-likeness (QED) is 0.336. The highest BCUT2D eigenvalue weighted by Crippen LogP contribution is 2.16. The first-order valence-electron chi connectivity index (χ1n) is 9.35. The zero-order valence-corrected chi connectivity index (χ0v) is 18.4. The number of likely N-dealkylation sites (tertiary alicyclic amines) is 1. The van der Waals surface area contributed by atoms with Crippen LogP contribution in [0.5, 0.6) is 5.75 Å². The van der Waals surface area contributed by atoms with Gasteiger partial charge in [-0.25, -0.2) is 4.39 Å². The van der Waals surface area contributed by atoms with Crippen LogP contribution in [0.4, 0.5) is 4.39 Å². The van der Waals surface area contributed by atoms with E-state index in [2.05, 4.69) is 44.8 Å². The molecule has 2 aromatic rings. The number of piperidine rings is 1. The number of phenolic OH excluding ortho intramolecular Hbond substituents is 1. The molecule has 0 aliphatic carbocycles. The van der Waals surface area contributed by atoms with E-state index in [0.29, 0.717) is 18.5 Å². The van der Waals surface area contributed by atoms with E-state index in [0.717, 1.165) is 38.0 Å². The summed E-state index contributed by atoms with van der Waals surface area (Å²) in [5, 5.41) is 15.9. The molecule has 0 unspecified atom stereocenters. The maximum absolute atomic E-state index is 13.4. The molecule has 1 aliphatic heterocycles. The maximum atomic E-state index is 13.4. The normalized spacial score (nSPS) is 15.7. The second kappa shape index (κ2) is 11.2. The van der Waals surface area contributed by atoms with Crippen LogP contribution in [0.15, 0.2) is 53.5 Å². The number of aromatic hydroxyl groups is 1.